The molecular formula is C14H22NO2+. The van der Waals surface area contributed by atoms with Crippen LogP contribution in [0.3, 0.4) is 0 Å². The third-order valence-corrected chi connectivity index (χ3v) is 3.23. The molecular weight excluding hydrogens is 214 g/mol. The fourth-order valence-corrected chi connectivity index (χ4v) is 2.41. The number of hydrogen-bond donors (Lipinski definition) is 1. The van der Waals surface area contributed by atoms with E-state index < -0.39 is 0 Å². The highest BCUT2D eigenvalue weighted by atomic mass is 16.5. The number of quaternary nitrogens is 1. The van der Waals surface area contributed by atoms with Gasteiger partial charge in [-0.25, -0.2) is 0 Å². The summed E-state index contributed by atoms with van der Waals surface area (Å²) in [6.07, 6.45) is 1.12. The van der Waals surface area contributed by atoms with Gasteiger partial charge in [0.1, 0.15) is 6.04 Å². The summed E-state index contributed by atoms with van der Waals surface area (Å²) in [7, 11) is 0. The molecule has 0 amide bonds. The van der Waals surface area contributed by atoms with E-state index in [1.165, 1.54) is 11.1 Å². The quantitative estimate of drug-likeness (QED) is 0.863. The minimum absolute atomic E-state index is 0.522. The number of nitrogens with two attached hydrogens (primary N) is 1. The molecule has 94 valence electrons. The minimum atomic E-state index is 0.522. The molecule has 2 N–H and O–H groups in total. The van der Waals surface area contributed by atoms with Crippen LogP contribution in [0.25, 0.3) is 0 Å². The maximum absolute atomic E-state index is 5.67. The first-order chi connectivity index (χ1) is 8.26. The Bertz CT molecular complexity index is 390. The first-order valence-electron chi connectivity index (χ1n) is 6.52. The summed E-state index contributed by atoms with van der Waals surface area (Å²) >= 11 is 0. The van der Waals surface area contributed by atoms with Crippen LogP contribution < -0.4 is 14.8 Å². The van der Waals surface area contributed by atoms with Crippen LogP contribution in [0.4, 0.5) is 0 Å². The molecule has 0 aliphatic carbocycles. The molecule has 1 aromatic carbocycles. The van der Waals surface area contributed by atoms with Crippen molar-refractivity contribution < 1.29 is 14.8 Å². The van der Waals surface area contributed by atoms with Gasteiger partial charge in [0.25, 0.3) is 0 Å². The Balaban J connectivity index is 2.39. The van der Waals surface area contributed by atoms with Gasteiger partial charge >= 0.3 is 0 Å². The Hall–Kier alpha value is -1.22. The lowest BCUT2D eigenvalue weighted by Crippen LogP contribution is -2.86. The van der Waals surface area contributed by atoms with Crippen LogP contribution in [-0.4, -0.2) is 19.8 Å². The third kappa shape index (κ3) is 2.55. The molecule has 0 saturated carbocycles. The van der Waals surface area contributed by atoms with E-state index in [2.05, 4.69) is 24.4 Å². The van der Waals surface area contributed by atoms with Gasteiger partial charge in [0, 0.05) is 12.0 Å². The van der Waals surface area contributed by atoms with Gasteiger partial charge in [-0.2, -0.15) is 0 Å². The smallest absolute Gasteiger partial charge is 0.161 e. The van der Waals surface area contributed by atoms with E-state index in [9.17, 15) is 0 Å². The summed E-state index contributed by atoms with van der Waals surface area (Å²) in [6, 6.07) is 4.84. The minimum Gasteiger partial charge on any atom is -0.490 e. The fraction of sp³-hybridized carbons (Fsp3) is 0.571. The van der Waals surface area contributed by atoms with Crippen LogP contribution in [0.15, 0.2) is 12.1 Å². The molecule has 1 atom stereocenters. The second-order valence-electron chi connectivity index (χ2n) is 4.43. The van der Waals surface area contributed by atoms with Gasteiger partial charge in [0.15, 0.2) is 11.5 Å². The van der Waals surface area contributed by atoms with Crippen LogP contribution >= 0.6 is 0 Å². The zero-order valence-electron chi connectivity index (χ0n) is 11.0. The second-order valence-corrected chi connectivity index (χ2v) is 4.43. The number of rotatable bonds is 4. The van der Waals surface area contributed by atoms with Crippen LogP contribution in [0.5, 0.6) is 11.5 Å². The van der Waals surface area contributed by atoms with Crippen molar-refractivity contribution in [1.29, 1.82) is 0 Å². The third-order valence-electron chi connectivity index (χ3n) is 3.23. The van der Waals surface area contributed by atoms with Gasteiger partial charge in [-0.15, -0.1) is 0 Å². The molecule has 1 aliphatic heterocycles. The predicted octanol–water partition coefficient (Wildman–Crippen LogP) is 1.66. The summed E-state index contributed by atoms with van der Waals surface area (Å²) in [5.74, 6) is 1.78. The van der Waals surface area contributed by atoms with Gasteiger partial charge in [-0.05, 0) is 38.5 Å². The molecule has 1 aromatic rings. The lowest BCUT2D eigenvalue weighted by atomic mass is 9.94. The van der Waals surface area contributed by atoms with Crippen molar-refractivity contribution in [2.75, 3.05) is 19.8 Å². The molecule has 2 rings (SSSR count). The summed E-state index contributed by atoms with van der Waals surface area (Å²) in [4.78, 5) is 0. The van der Waals surface area contributed by atoms with E-state index in [0.717, 1.165) is 24.5 Å². The monoisotopic (exact) mass is 236 g/mol. The van der Waals surface area contributed by atoms with Crippen LogP contribution in [0, 0.1) is 0 Å². The van der Waals surface area contributed by atoms with Gasteiger partial charge in [0.05, 0.1) is 19.8 Å². The summed E-state index contributed by atoms with van der Waals surface area (Å²) < 4.78 is 11.3. The highest BCUT2D eigenvalue weighted by Crippen LogP contribution is 2.34. The Labute approximate surface area is 103 Å². The van der Waals surface area contributed by atoms with Crippen molar-refractivity contribution in [1.82, 2.24) is 0 Å². The van der Waals surface area contributed by atoms with E-state index in [4.69, 9.17) is 9.47 Å². The van der Waals surface area contributed by atoms with Crippen molar-refractivity contribution in [3.63, 3.8) is 0 Å². The molecule has 0 radical (unpaired) electrons. The van der Waals surface area contributed by atoms with Crippen LogP contribution in [-0.2, 0) is 6.42 Å². The molecule has 0 fully saturated rings. The van der Waals surface area contributed by atoms with E-state index in [1.54, 1.807) is 0 Å². The van der Waals surface area contributed by atoms with E-state index in [1.807, 2.05) is 13.8 Å². The number of benzene rings is 1. The molecule has 0 spiro atoms. The van der Waals surface area contributed by atoms with Crippen molar-refractivity contribution in [2.45, 2.75) is 33.2 Å². The van der Waals surface area contributed by atoms with E-state index >= 15 is 0 Å². The Kier molecular flexibility index (Phi) is 3.89. The normalized spacial score (nSPS) is 18.6. The Morgan fingerprint density at radius 2 is 1.82 bits per heavy atom. The van der Waals surface area contributed by atoms with Crippen molar-refractivity contribution >= 4 is 0 Å². The van der Waals surface area contributed by atoms with Crippen LogP contribution in [0.2, 0.25) is 0 Å². The SMILES string of the molecule is CCOc1cc2c(cc1OCC)[C@@H](C)[NH2+]CC2. The molecule has 0 bridgehead atoms. The summed E-state index contributed by atoms with van der Waals surface area (Å²) in [6.45, 7) is 8.77. The lowest BCUT2D eigenvalue weighted by Gasteiger charge is -2.23. The number of fused-ring (bicyclic) bond motifs is 1. The topological polar surface area (TPSA) is 35.1 Å². The number of ether oxygens (including phenoxy) is 2. The Morgan fingerprint density at radius 3 is 2.47 bits per heavy atom. The molecule has 1 aliphatic rings. The lowest BCUT2D eigenvalue weighted by molar-refractivity contribution is -0.695. The maximum atomic E-state index is 5.67. The van der Waals surface area contributed by atoms with Gasteiger partial charge in [-0.1, -0.05) is 0 Å². The van der Waals surface area contributed by atoms with Crippen molar-refractivity contribution in [2.24, 2.45) is 0 Å². The molecule has 0 saturated heterocycles. The second kappa shape index (κ2) is 5.41. The predicted molar refractivity (Wildman–Crippen MR) is 67.7 cm³/mol. The molecule has 3 nitrogen and oxygen atoms in total. The van der Waals surface area contributed by atoms with Gasteiger partial charge in [0.2, 0.25) is 0 Å². The highest BCUT2D eigenvalue weighted by molar-refractivity contribution is 5.48. The average Bonchev–Trinajstić information content (AvgIpc) is 2.32. The fourth-order valence-electron chi connectivity index (χ4n) is 2.41. The zero-order chi connectivity index (χ0) is 12.3. The molecule has 0 aromatic heterocycles. The first kappa shape index (κ1) is 12.2. The average molecular weight is 236 g/mol. The molecule has 3 heteroatoms. The largest absolute Gasteiger partial charge is 0.490 e. The standard InChI is InChI=1S/C14H21NO2/c1-4-16-13-8-11-6-7-15-10(3)12(11)9-14(13)17-5-2/h8-10,15H,4-7H2,1-3H3/p+1/t10-/m1/s1. The first-order valence-corrected chi connectivity index (χ1v) is 6.52. The highest BCUT2D eigenvalue weighted by Gasteiger charge is 2.22. The van der Waals surface area contributed by atoms with Gasteiger partial charge in [-0.3, -0.25) is 0 Å². The van der Waals surface area contributed by atoms with Crippen molar-refractivity contribution in [3.05, 3.63) is 23.3 Å². The zero-order valence-corrected chi connectivity index (χ0v) is 11.0. The van der Waals surface area contributed by atoms with Crippen molar-refractivity contribution in [3.8, 4) is 11.5 Å². The summed E-state index contributed by atoms with van der Waals surface area (Å²) in [5.41, 5.74) is 2.80. The van der Waals surface area contributed by atoms with E-state index in [-0.39, 0.29) is 0 Å². The van der Waals surface area contributed by atoms with Gasteiger partial charge < -0.3 is 14.8 Å². The number of hydrogen-bond acceptors (Lipinski definition) is 2. The molecule has 17 heavy (non-hydrogen) atoms. The Morgan fingerprint density at radius 1 is 1.18 bits per heavy atom. The van der Waals surface area contributed by atoms with E-state index in [0.29, 0.717) is 19.3 Å². The van der Waals surface area contributed by atoms with Crippen LogP contribution in [0.1, 0.15) is 37.9 Å². The summed E-state index contributed by atoms with van der Waals surface area (Å²) in [5, 5.41) is 2.37. The maximum Gasteiger partial charge on any atom is 0.161 e. The molecule has 1 heterocycles. The molecule has 0 unspecified atom stereocenters.